The first-order valence-corrected chi connectivity index (χ1v) is 7.83. The minimum Gasteiger partial charge on any atom is -0.439 e. The normalized spacial score (nSPS) is 10.3. The summed E-state index contributed by atoms with van der Waals surface area (Å²) in [4.78, 5) is 8.69. The van der Waals surface area contributed by atoms with Gasteiger partial charge in [0.1, 0.15) is 11.6 Å². The van der Waals surface area contributed by atoms with Gasteiger partial charge in [0, 0.05) is 17.1 Å². The van der Waals surface area contributed by atoms with Crippen LogP contribution < -0.4 is 10.1 Å². The fraction of sp³-hybridized carbons (Fsp3) is 0.231. The van der Waals surface area contributed by atoms with Crippen LogP contribution in [0, 0.1) is 0 Å². The molecule has 1 heterocycles. The van der Waals surface area contributed by atoms with Crippen molar-refractivity contribution in [2.24, 2.45) is 0 Å². The monoisotopic (exact) mass is 339 g/mol. The molecule has 1 N–H and O–H groups in total. The molecule has 0 spiro atoms. The summed E-state index contributed by atoms with van der Waals surface area (Å²) in [7, 11) is 0. The SMILES string of the molecule is CCNc1cc(Oc2cccc(Br)c2)nc(SC)n1. The number of hydrogen-bond acceptors (Lipinski definition) is 5. The van der Waals surface area contributed by atoms with Gasteiger partial charge in [-0.05, 0) is 31.4 Å². The summed E-state index contributed by atoms with van der Waals surface area (Å²) >= 11 is 4.90. The number of benzene rings is 1. The smallest absolute Gasteiger partial charge is 0.225 e. The second-order valence-corrected chi connectivity index (χ2v) is 5.36. The Morgan fingerprint density at radius 3 is 2.84 bits per heavy atom. The largest absolute Gasteiger partial charge is 0.439 e. The van der Waals surface area contributed by atoms with Crippen LogP contribution in [0.1, 0.15) is 6.92 Å². The van der Waals surface area contributed by atoms with E-state index >= 15 is 0 Å². The predicted octanol–water partition coefficient (Wildman–Crippen LogP) is 4.19. The summed E-state index contributed by atoms with van der Waals surface area (Å²) in [5.41, 5.74) is 0. The highest BCUT2D eigenvalue weighted by atomic mass is 79.9. The number of nitrogens with zero attached hydrogens (tertiary/aromatic N) is 2. The number of rotatable bonds is 5. The highest BCUT2D eigenvalue weighted by Crippen LogP contribution is 2.26. The van der Waals surface area contributed by atoms with Crippen LogP contribution in [0.2, 0.25) is 0 Å². The van der Waals surface area contributed by atoms with Crippen molar-refractivity contribution in [1.29, 1.82) is 0 Å². The molecular weight excluding hydrogens is 326 g/mol. The van der Waals surface area contributed by atoms with Crippen molar-refractivity contribution in [1.82, 2.24) is 9.97 Å². The number of ether oxygens (including phenoxy) is 1. The minimum atomic E-state index is 0.536. The first kappa shape index (κ1) is 14.1. The van der Waals surface area contributed by atoms with Crippen LogP contribution in [-0.2, 0) is 0 Å². The Morgan fingerprint density at radius 1 is 1.32 bits per heavy atom. The van der Waals surface area contributed by atoms with Crippen molar-refractivity contribution < 1.29 is 4.74 Å². The molecule has 1 aromatic carbocycles. The molecule has 0 unspecified atom stereocenters. The van der Waals surface area contributed by atoms with Gasteiger partial charge in [0.25, 0.3) is 0 Å². The maximum atomic E-state index is 5.75. The molecule has 0 atom stereocenters. The highest BCUT2D eigenvalue weighted by Gasteiger charge is 2.06. The Labute approximate surface area is 125 Å². The lowest BCUT2D eigenvalue weighted by Gasteiger charge is -2.09. The van der Waals surface area contributed by atoms with E-state index in [0.29, 0.717) is 11.0 Å². The molecule has 0 saturated heterocycles. The summed E-state index contributed by atoms with van der Waals surface area (Å²) in [5, 5.41) is 3.85. The molecule has 1 aromatic heterocycles. The van der Waals surface area contributed by atoms with E-state index in [9.17, 15) is 0 Å². The molecule has 0 bridgehead atoms. The Kier molecular flexibility index (Phi) is 5.04. The lowest BCUT2D eigenvalue weighted by atomic mass is 10.3. The second-order valence-electron chi connectivity index (χ2n) is 3.67. The Balaban J connectivity index is 2.26. The van der Waals surface area contributed by atoms with Gasteiger partial charge in [0.15, 0.2) is 5.16 Å². The topological polar surface area (TPSA) is 47.0 Å². The van der Waals surface area contributed by atoms with Crippen molar-refractivity contribution in [2.75, 3.05) is 18.1 Å². The third kappa shape index (κ3) is 4.11. The van der Waals surface area contributed by atoms with E-state index in [1.54, 1.807) is 6.07 Å². The number of thioether (sulfide) groups is 1. The fourth-order valence-corrected chi connectivity index (χ4v) is 2.22. The van der Waals surface area contributed by atoms with Gasteiger partial charge in [-0.1, -0.05) is 33.8 Å². The summed E-state index contributed by atoms with van der Waals surface area (Å²) in [6.07, 6.45) is 1.94. The number of anilines is 1. The van der Waals surface area contributed by atoms with Gasteiger partial charge in [-0.3, -0.25) is 0 Å². The van der Waals surface area contributed by atoms with Crippen LogP contribution in [0.4, 0.5) is 5.82 Å². The number of halogens is 1. The van der Waals surface area contributed by atoms with Crippen LogP contribution in [0.3, 0.4) is 0 Å². The molecule has 19 heavy (non-hydrogen) atoms. The molecule has 0 aliphatic carbocycles. The standard InChI is InChI=1S/C13H14BrN3OS/c1-3-15-11-8-12(17-13(16-11)19-2)18-10-6-4-5-9(14)7-10/h4-8H,3H2,1-2H3,(H,15,16,17). The first-order valence-electron chi connectivity index (χ1n) is 5.81. The van der Waals surface area contributed by atoms with E-state index in [2.05, 4.69) is 31.2 Å². The molecule has 0 aliphatic rings. The lowest BCUT2D eigenvalue weighted by molar-refractivity contribution is 0.456. The van der Waals surface area contributed by atoms with Crippen molar-refractivity contribution in [3.05, 3.63) is 34.8 Å². The molecule has 0 amide bonds. The zero-order chi connectivity index (χ0) is 13.7. The van der Waals surface area contributed by atoms with Crippen LogP contribution in [0.5, 0.6) is 11.6 Å². The Morgan fingerprint density at radius 2 is 2.16 bits per heavy atom. The third-order valence-electron chi connectivity index (χ3n) is 2.24. The number of aromatic nitrogens is 2. The summed E-state index contributed by atoms with van der Waals surface area (Å²) < 4.78 is 6.72. The quantitative estimate of drug-likeness (QED) is 0.653. The van der Waals surface area contributed by atoms with Crippen molar-refractivity contribution in [2.45, 2.75) is 12.1 Å². The van der Waals surface area contributed by atoms with Gasteiger partial charge < -0.3 is 10.1 Å². The van der Waals surface area contributed by atoms with E-state index in [1.807, 2.05) is 37.4 Å². The maximum Gasteiger partial charge on any atom is 0.225 e. The molecule has 4 nitrogen and oxygen atoms in total. The van der Waals surface area contributed by atoms with Gasteiger partial charge in [0.2, 0.25) is 5.88 Å². The molecule has 0 radical (unpaired) electrons. The van der Waals surface area contributed by atoms with Crippen LogP contribution in [0.15, 0.2) is 40.0 Å². The lowest BCUT2D eigenvalue weighted by Crippen LogP contribution is -2.02. The van der Waals surface area contributed by atoms with Crippen LogP contribution in [-0.4, -0.2) is 22.8 Å². The van der Waals surface area contributed by atoms with Gasteiger partial charge in [-0.2, -0.15) is 4.98 Å². The summed E-state index contributed by atoms with van der Waals surface area (Å²) in [6.45, 7) is 2.83. The summed E-state index contributed by atoms with van der Waals surface area (Å²) in [6, 6.07) is 9.45. The number of nitrogens with one attached hydrogen (secondary N) is 1. The van der Waals surface area contributed by atoms with Gasteiger partial charge in [0.05, 0.1) is 0 Å². The molecule has 100 valence electrons. The van der Waals surface area contributed by atoms with E-state index < -0.39 is 0 Å². The molecule has 0 saturated carbocycles. The third-order valence-corrected chi connectivity index (χ3v) is 3.28. The average molecular weight is 340 g/mol. The molecule has 2 rings (SSSR count). The van der Waals surface area contributed by atoms with Crippen LogP contribution >= 0.6 is 27.7 Å². The minimum absolute atomic E-state index is 0.536. The fourth-order valence-electron chi connectivity index (χ4n) is 1.47. The average Bonchev–Trinajstić information content (AvgIpc) is 2.39. The van der Waals surface area contributed by atoms with E-state index in [-0.39, 0.29) is 0 Å². The molecular formula is C13H14BrN3OS. The van der Waals surface area contributed by atoms with Crippen molar-refractivity contribution >= 4 is 33.5 Å². The number of hydrogen-bond donors (Lipinski definition) is 1. The highest BCUT2D eigenvalue weighted by molar-refractivity contribution is 9.10. The molecule has 6 heteroatoms. The van der Waals surface area contributed by atoms with E-state index in [1.165, 1.54) is 11.8 Å². The van der Waals surface area contributed by atoms with Gasteiger partial charge >= 0.3 is 0 Å². The van der Waals surface area contributed by atoms with Gasteiger partial charge in [-0.25, -0.2) is 4.98 Å². The van der Waals surface area contributed by atoms with Crippen molar-refractivity contribution in [3.63, 3.8) is 0 Å². The molecule has 0 fully saturated rings. The predicted molar refractivity (Wildman–Crippen MR) is 82.2 cm³/mol. The Hall–Kier alpha value is -1.27. The van der Waals surface area contributed by atoms with Gasteiger partial charge in [-0.15, -0.1) is 0 Å². The van der Waals surface area contributed by atoms with E-state index in [4.69, 9.17) is 4.74 Å². The Bertz CT molecular complexity index is 565. The van der Waals surface area contributed by atoms with Crippen LogP contribution in [0.25, 0.3) is 0 Å². The zero-order valence-corrected chi connectivity index (χ0v) is 13.1. The maximum absolute atomic E-state index is 5.75. The van der Waals surface area contributed by atoms with E-state index in [0.717, 1.165) is 22.6 Å². The zero-order valence-electron chi connectivity index (χ0n) is 10.7. The summed E-state index contributed by atoms with van der Waals surface area (Å²) in [5.74, 6) is 2.04. The molecule has 2 aromatic rings. The molecule has 0 aliphatic heterocycles. The van der Waals surface area contributed by atoms with Crippen molar-refractivity contribution in [3.8, 4) is 11.6 Å². The first-order chi connectivity index (χ1) is 9.21. The second kappa shape index (κ2) is 6.77.